The first kappa shape index (κ1) is 7.54. The van der Waals surface area contributed by atoms with E-state index in [1.165, 1.54) is 6.92 Å². The number of ether oxygens (including phenoxy) is 1. The zero-order valence-corrected chi connectivity index (χ0v) is 6.04. The second-order valence-electron chi connectivity index (χ2n) is 2.70. The highest BCUT2D eigenvalue weighted by Crippen LogP contribution is 2.21. The summed E-state index contributed by atoms with van der Waals surface area (Å²) in [7, 11) is 0. The van der Waals surface area contributed by atoms with Crippen LogP contribution in [-0.2, 0) is 9.53 Å². The minimum Gasteiger partial charge on any atom is -0.462 e. The third kappa shape index (κ3) is 1.99. The van der Waals surface area contributed by atoms with Gasteiger partial charge in [-0.05, 0) is 12.8 Å². The van der Waals surface area contributed by atoms with Crippen LogP contribution in [0.15, 0.2) is 0 Å². The van der Waals surface area contributed by atoms with Gasteiger partial charge in [0.2, 0.25) is 0 Å². The van der Waals surface area contributed by atoms with Gasteiger partial charge < -0.3 is 9.84 Å². The Balaban J connectivity index is 2.24. The fourth-order valence-corrected chi connectivity index (χ4v) is 1.26. The average Bonchev–Trinajstić information content (AvgIpc) is 2.13. The summed E-state index contributed by atoms with van der Waals surface area (Å²) in [5, 5.41) is 9.02. The van der Waals surface area contributed by atoms with Crippen LogP contribution in [0.2, 0.25) is 0 Å². The third-order valence-corrected chi connectivity index (χ3v) is 1.69. The Labute approximate surface area is 60.0 Å². The van der Waals surface area contributed by atoms with Gasteiger partial charge in [-0.2, -0.15) is 0 Å². The van der Waals surface area contributed by atoms with Crippen molar-refractivity contribution in [1.29, 1.82) is 0 Å². The first-order valence-corrected chi connectivity index (χ1v) is 3.54. The van der Waals surface area contributed by atoms with Crippen LogP contribution < -0.4 is 0 Å². The maximum absolute atomic E-state index is 10.4. The maximum Gasteiger partial charge on any atom is 0.302 e. The van der Waals surface area contributed by atoms with E-state index in [-0.39, 0.29) is 18.2 Å². The van der Waals surface area contributed by atoms with E-state index in [1.807, 2.05) is 0 Å². The molecule has 0 amide bonds. The van der Waals surface area contributed by atoms with Crippen molar-refractivity contribution in [2.75, 3.05) is 0 Å². The number of rotatable bonds is 1. The van der Waals surface area contributed by atoms with Crippen LogP contribution >= 0.6 is 0 Å². The SMILES string of the molecule is CC(=O)O[C@@H]1CC[C@H](O)C1. The first-order chi connectivity index (χ1) is 4.68. The van der Waals surface area contributed by atoms with E-state index in [1.54, 1.807) is 0 Å². The molecular formula is C7H12O3. The molecule has 0 aromatic rings. The Morgan fingerprint density at radius 1 is 1.60 bits per heavy atom. The molecule has 1 aliphatic rings. The lowest BCUT2D eigenvalue weighted by Gasteiger charge is -2.08. The van der Waals surface area contributed by atoms with Crippen molar-refractivity contribution in [3.63, 3.8) is 0 Å². The van der Waals surface area contributed by atoms with E-state index < -0.39 is 0 Å². The highest BCUT2D eigenvalue weighted by Gasteiger charge is 2.24. The van der Waals surface area contributed by atoms with Gasteiger partial charge in [-0.1, -0.05) is 0 Å². The number of aliphatic hydroxyl groups is 1. The zero-order valence-electron chi connectivity index (χ0n) is 6.04. The third-order valence-electron chi connectivity index (χ3n) is 1.69. The van der Waals surface area contributed by atoms with Gasteiger partial charge >= 0.3 is 5.97 Å². The Morgan fingerprint density at radius 2 is 2.30 bits per heavy atom. The van der Waals surface area contributed by atoms with E-state index >= 15 is 0 Å². The molecule has 2 atom stereocenters. The van der Waals surface area contributed by atoms with Gasteiger partial charge in [-0.15, -0.1) is 0 Å². The fraction of sp³-hybridized carbons (Fsp3) is 0.857. The lowest BCUT2D eigenvalue weighted by atomic mass is 10.3. The van der Waals surface area contributed by atoms with Crippen LogP contribution in [0.25, 0.3) is 0 Å². The Bertz CT molecular complexity index is 133. The lowest BCUT2D eigenvalue weighted by Crippen LogP contribution is -2.13. The van der Waals surface area contributed by atoms with Crippen molar-refractivity contribution in [1.82, 2.24) is 0 Å². The van der Waals surface area contributed by atoms with Gasteiger partial charge in [0.15, 0.2) is 0 Å². The zero-order chi connectivity index (χ0) is 7.56. The average molecular weight is 144 g/mol. The van der Waals surface area contributed by atoms with E-state index in [2.05, 4.69) is 0 Å². The molecule has 10 heavy (non-hydrogen) atoms. The molecule has 1 aliphatic carbocycles. The van der Waals surface area contributed by atoms with Gasteiger partial charge in [0.25, 0.3) is 0 Å². The lowest BCUT2D eigenvalue weighted by molar-refractivity contribution is -0.146. The minimum atomic E-state index is -0.260. The van der Waals surface area contributed by atoms with Crippen LogP contribution in [0.4, 0.5) is 0 Å². The minimum absolute atomic E-state index is 0.0347. The number of carbonyl (C=O) groups excluding carboxylic acids is 1. The quantitative estimate of drug-likeness (QED) is 0.544. The summed E-state index contributed by atoms with van der Waals surface area (Å²) < 4.78 is 4.88. The van der Waals surface area contributed by atoms with Crippen molar-refractivity contribution in [3.05, 3.63) is 0 Å². The monoisotopic (exact) mass is 144 g/mol. The smallest absolute Gasteiger partial charge is 0.302 e. The van der Waals surface area contributed by atoms with Crippen LogP contribution in [-0.4, -0.2) is 23.3 Å². The standard InChI is InChI=1S/C7H12O3/c1-5(8)10-7-3-2-6(9)4-7/h6-7,9H,2-4H2,1H3/t6-,7+/m0/s1. The summed E-state index contributed by atoms with van der Waals surface area (Å²) >= 11 is 0. The molecule has 0 heterocycles. The van der Waals surface area contributed by atoms with Crippen molar-refractivity contribution in [3.8, 4) is 0 Å². The van der Waals surface area contributed by atoms with Crippen molar-refractivity contribution in [2.24, 2.45) is 0 Å². The van der Waals surface area contributed by atoms with Crippen LogP contribution in [0.5, 0.6) is 0 Å². The molecule has 1 fully saturated rings. The molecule has 1 N–H and O–H groups in total. The first-order valence-electron chi connectivity index (χ1n) is 3.54. The Hall–Kier alpha value is -0.570. The summed E-state index contributed by atoms with van der Waals surface area (Å²) in [5.41, 5.74) is 0. The van der Waals surface area contributed by atoms with E-state index in [0.717, 1.165) is 12.8 Å². The Kier molecular flexibility index (Phi) is 2.27. The van der Waals surface area contributed by atoms with Gasteiger partial charge in [-0.3, -0.25) is 4.79 Å². The number of carbonyl (C=O) groups is 1. The molecule has 58 valence electrons. The summed E-state index contributed by atoms with van der Waals surface area (Å²) in [5.74, 6) is -0.251. The van der Waals surface area contributed by atoms with Crippen LogP contribution in [0, 0.1) is 0 Å². The van der Waals surface area contributed by atoms with Crippen molar-refractivity contribution < 1.29 is 14.6 Å². The van der Waals surface area contributed by atoms with E-state index in [0.29, 0.717) is 6.42 Å². The van der Waals surface area contributed by atoms with E-state index in [4.69, 9.17) is 9.84 Å². The van der Waals surface area contributed by atoms with E-state index in [9.17, 15) is 4.79 Å². The highest BCUT2D eigenvalue weighted by atomic mass is 16.5. The molecular weight excluding hydrogens is 132 g/mol. The second kappa shape index (κ2) is 3.01. The molecule has 0 saturated heterocycles. The molecule has 3 heteroatoms. The summed E-state index contributed by atoms with van der Waals surface area (Å²) in [6.07, 6.45) is 1.88. The summed E-state index contributed by atoms with van der Waals surface area (Å²) in [6, 6.07) is 0. The largest absolute Gasteiger partial charge is 0.462 e. The number of aliphatic hydroxyl groups excluding tert-OH is 1. The molecule has 0 unspecified atom stereocenters. The highest BCUT2D eigenvalue weighted by molar-refractivity contribution is 5.66. The summed E-state index contributed by atoms with van der Waals surface area (Å²) in [6.45, 7) is 1.39. The summed E-state index contributed by atoms with van der Waals surface area (Å²) in [4.78, 5) is 10.4. The second-order valence-corrected chi connectivity index (χ2v) is 2.70. The van der Waals surface area contributed by atoms with Gasteiger partial charge in [0.1, 0.15) is 6.10 Å². The van der Waals surface area contributed by atoms with Gasteiger partial charge in [0, 0.05) is 13.3 Å². The molecule has 0 bridgehead atoms. The number of hydrogen-bond donors (Lipinski definition) is 1. The predicted octanol–water partition coefficient (Wildman–Crippen LogP) is 0.463. The van der Waals surface area contributed by atoms with Gasteiger partial charge in [0.05, 0.1) is 6.10 Å². The topological polar surface area (TPSA) is 46.5 Å². The van der Waals surface area contributed by atoms with Gasteiger partial charge in [-0.25, -0.2) is 0 Å². The number of esters is 1. The van der Waals surface area contributed by atoms with Crippen molar-refractivity contribution in [2.45, 2.75) is 38.4 Å². The van der Waals surface area contributed by atoms with Crippen molar-refractivity contribution >= 4 is 5.97 Å². The number of hydrogen-bond acceptors (Lipinski definition) is 3. The van der Waals surface area contributed by atoms with Crippen LogP contribution in [0.1, 0.15) is 26.2 Å². The molecule has 3 nitrogen and oxygen atoms in total. The predicted molar refractivity (Wildman–Crippen MR) is 35.4 cm³/mol. The van der Waals surface area contributed by atoms with Crippen LogP contribution in [0.3, 0.4) is 0 Å². The molecule has 1 rings (SSSR count). The molecule has 0 aliphatic heterocycles. The molecule has 0 aromatic heterocycles. The molecule has 0 aromatic carbocycles. The normalized spacial score (nSPS) is 32.2. The maximum atomic E-state index is 10.4. The molecule has 0 spiro atoms. The Morgan fingerprint density at radius 3 is 2.70 bits per heavy atom. The molecule has 1 saturated carbocycles. The fourth-order valence-electron chi connectivity index (χ4n) is 1.26. The molecule has 0 radical (unpaired) electrons.